The number of hydrogen-bond donors (Lipinski definition) is 2. The van der Waals surface area contributed by atoms with Crippen molar-refractivity contribution in [3.05, 3.63) is 11.3 Å². The lowest BCUT2D eigenvalue weighted by atomic mass is 9.84. The monoisotopic (exact) mass is 248 g/mol. The van der Waals surface area contributed by atoms with Gasteiger partial charge in [-0.15, -0.1) is 0 Å². The van der Waals surface area contributed by atoms with Gasteiger partial charge in [-0.2, -0.15) is 5.10 Å². The van der Waals surface area contributed by atoms with Crippen molar-refractivity contribution >= 4 is 5.82 Å². The minimum absolute atomic E-state index is 0.877. The Kier molecular flexibility index (Phi) is 3.55. The Bertz CT molecular complexity index is 392. The van der Waals surface area contributed by atoms with Crippen LogP contribution in [0.25, 0.3) is 0 Å². The molecule has 3 rings (SSSR count). The summed E-state index contributed by atoms with van der Waals surface area (Å²) in [5.41, 5.74) is 2.91. The van der Waals surface area contributed by atoms with E-state index >= 15 is 0 Å². The Labute approximate surface area is 109 Å². The van der Waals surface area contributed by atoms with Crippen LogP contribution in [0.2, 0.25) is 0 Å². The second kappa shape index (κ2) is 5.31. The van der Waals surface area contributed by atoms with Crippen molar-refractivity contribution in [1.82, 2.24) is 15.5 Å². The van der Waals surface area contributed by atoms with Gasteiger partial charge in [0.05, 0.1) is 0 Å². The van der Waals surface area contributed by atoms with Crippen LogP contribution >= 0.6 is 0 Å². The highest BCUT2D eigenvalue weighted by Crippen LogP contribution is 2.33. The van der Waals surface area contributed by atoms with Gasteiger partial charge in [0.1, 0.15) is 0 Å². The summed E-state index contributed by atoms with van der Waals surface area (Å²) in [4.78, 5) is 2.44. The smallest absolute Gasteiger partial charge is 0.153 e. The fourth-order valence-corrected chi connectivity index (χ4v) is 3.34. The number of nitrogens with one attached hydrogen (secondary N) is 2. The number of fused-ring (bicyclic) bond motifs is 1. The molecule has 0 aromatic carbocycles. The predicted octanol–water partition coefficient (Wildman–Crippen LogP) is 1.72. The van der Waals surface area contributed by atoms with Gasteiger partial charge in [0.25, 0.3) is 0 Å². The molecule has 2 heterocycles. The van der Waals surface area contributed by atoms with Gasteiger partial charge in [-0.05, 0) is 25.2 Å². The molecule has 100 valence electrons. The fourth-order valence-electron chi connectivity index (χ4n) is 3.34. The quantitative estimate of drug-likeness (QED) is 0.856. The number of hydrogen-bond acceptors (Lipinski definition) is 3. The molecule has 1 saturated heterocycles. The molecule has 0 amide bonds. The second-order valence-corrected chi connectivity index (χ2v) is 5.64. The van der Waals surface area contributed by atoms with Crippen molar-refractivity contribution in [2.24, 2.45) is 5.92 Å². The van der Waals surface area contributed by atoms with Crippen molar-refractivity contribution in [3.63, 3.8) is 0 Å². The summed E-state index contributed by atoms with van der Waals surface area (Å²) < 4.78 is 0. The molecule has 1 aromatic rings. The number of aryl methyl sites for hydroxylation is 1. The first kappa shape index (κ1) is 12.0. The largest absolute Gasteiger partial charge is 0.352 e. The molecule has 1 atom stereocenters. The molecule has 1 fully saturated rings. The number of rotatable bonds is 3. The van der Waals surface area contributed by atoms with Crippen LogP contribution in [0, 0.1) is 5.92 Å². The third-order valence-electron chi connectivity index (χ3n) is 4.34. The van der Waals surface area contributed by atoms with Gasteiger partial charge < -0.3 is 10.2 Å². The standard InChI is InChI=1S/C14H24N4/c1-2-3-11-4-5-13-12(10-11)14(17-16-13)18-8-6-15-7-9-18/h11,15H,2-10H2,1H3,(H,16,17). The molecule has 0 spiro atoms. The molecule has 0 saturated carbocycles. The van der Waals surface area contributed by atoms with Crippen molar-refractivity contribution < 1.29 is 0 Å². The highest BCUT2D eigenvalue weighted by atomic mass is 15.3. The van der Waals surface area contributed by atoms with E-state index in [9.17, 15) is 0 Å². The lowest BCUT2D eigenvalue weighted by molar-refractivity contribution is 0.420. The summed E-state index contributed by atoms with van der Waals surface area (Å²) in [5.74, 6) is 2.12. The Morgan fingerprint density at radius 2 is 2.17 bits per heavy atom. The van der Waals surface area contributed by atoms with Crippen LogP contribution in [0.1, 0.15) is 37.4 Å². The van der Waals surface area contributed by atoms with E-state index in [4.69, 9.17) is 0 Å². The van der Waals surface area contributed by atoms with Crippen LogP contribution in [0.5, 0.6) is 0 Å². The summed E-state index contributed by atoms with van der Waals surface area (Å²) in [6.07, 6.45) is 6.44. The molecule has 18 heavy (non-hydrogen) atoms. The number of aromatic amines is 1. The van der Waals surface area contributed by atoms with E-state index in [1.54, 1.807) is 0 Å². The molecular formula is C14H24N4. The van der Waals surface area contributed by atoms with Gasteiger partial charge >= 0.3 is 0 Å². The Balaban J connectivity index is 1.78. The lowest BCUT2D eigenvalue weighted by Crippen LogP contribution is -2.44. The van der Waals surface area contributed by atoms with Crippen LogP contribution in [0.3, 0.4) is 0 Å². The van der Waals surface area contributed by atoms with E-state index in [0.29, 0.717) is 0 Å². The average Bonchev–Trinajstić information content (AvgIpc) is 2.83. The first-order valence-corrected chi connectivity index (χ1v) is 7.40. The maximum Gasteiger partial charge on any atom is 0.153 e. The molecule has 2 aliphatic rings. The average molecular weight is 248 g/mol. The maximum atomic E-state index is 4.59. The maximum absolute atomic E-state index is 4.59. The number of H-pyrrole nitrogens is 1. The zero-order valence-corrected chi connectivity index (χ0v) is 11.3. The zero-order chi connectivity index (χ0) is 12.4. The first-order chi connectivity index (χ1) is 8.88. The predicted molar refractivity (Wildman–Crippen MR) is 74.1 cm³/mol. The van der Waals surface area contributed by atoms with E-state index < -0.39 is 0 Å². The molecular weight excluding hydrogens is 224 g/mol. The summed E-state index contributed by atoms with van der Waals surface area (Å²) in [6, 6.07) is 0. The van der Waals surface area contributed by atoms with Crippen LogP contribution in [-0.2, 0) is 12.8 Å². The SMILES string of the molecule is CCCC1CCc2[nH]nc(N3CCNCC3)c2C1. The van der Waals surface area contributed by atoms with E-state index in [1.807, 2.05) is 0 Å². The van der Waals surface area contributed by atoms with E-state index in [2.05, 4.69) is 27.3 Å². The van der Waals surface area contributed by atoms with Gasteiger partial charge in [0.15, 0.2) is 5.82 Å². The van der Waals surface area contributed by atoms with Crippen LogP contribution in [0.15, 0.2) is 0 Å². The minimum Gasteiger partial charge on any atom is -0.352 e. The van der Waals surface area contributed by atoms with Gasteiger partial charge in [-0.3, -0.25) is 5.10 Å². The topological polar surface area (TPSA) is 44.0 Å². The Hall–Kier alpha value is -1.03. The zero-order valence-electron chi connectivity index (χ0n) is 11.3. The first-order valence-electron chi connectivity index (χ1n) is 7.40. The van der Waals surface area contributed by atoms with E-state index in [1.165, 1.54) is 49.2 Å². The van der Waals surface area contributed by atoms with Crippen molar-refractivity contribution in [2.75, 3.05) is 31.1 Å². The van der Waals surface area contributed by atoms with E-state index in [0.717, 1.165) is 32.1 Å². The van der Waals surface area contributed by atoms with Gasteiger partial charge in [-0.1, -0.05) is 19.8 Å². The molecule has 0 bridgehead atoms. The third kappa shape index (κ3) is 2.26. The van der Waals surface area contributed by atoms with Gasteiger partial charge in [0, 0.05) is 37.4 Å². The highest BCUT2D eigenvalue weighted by molar-refractivity contribution is 5.50. The number of anilines is 1. The lowest BCUT2D eigenvalue weighted by Gasteiger charge is -2.30. The molecule has 1 aliphatic carbocycles. The Morgan fingerprint density at radius 3 is 2.94 bits per heavy atom. The summed E-state index contributed by atoms with van der Waals surface area (Å²) in [6.45, 7) is 6.65. The minimum atomic E-state index is 0.877. The van der Waals surface area contributed by atoms with Crippen molar-refractivity contribution in [1.29, 1.82) is 0 Å². The number of piperazine rings is 1. The summed E-state index contributed by atoms with van der Waals surface area (Å²) in [5, 5.41) is 11.3. The van der Waals surface area contributed by atoms with Crippen LogP contribution < -0.4 is 10.2 Å². The number of aromatic nitrogens is 2. The summed E-state index contributed by atoms with van der Waals surface area (Å²) in [7, 11) is 0. The van der Waals surface area contributed by atoms with Crippen molar-refractivity contribution in [2.45, 2.75) is 39.0 Å². The Morgan fingerprint density at radius 1 is 1.33 bits per heavy atom. The number of nitrogens with zero attached hydrogens (tertiary/aromatic N) is 2. The fraction of sp³-hybridized carbons (Fsp3) is 0.786. The molecule has 4 nitrogen and oxygen atoms in total. The highest BCUT2D eigenvalue weighted by Gasteiger charge is 2.26. The normalized spacial score (nSPS) is 24.1. The summed E-state index contributed by atoms with van der Waals surface area (Å²) >= 11 is 0. The molecule has 2 N–H and O–H groups in total. The molecule has 4 heteroatoms. The second-order valence-electron chi connectivity index (χ2n) is 5.64. The van der Waals surface area contributed by atoms with E-state index in [-0.39, 0.29) is 0 Å². The molecule has 1 aromatic heterocycles. The van der Waals surface area contributed by atoms with Gasteiger partial charge in [-0.25, -0.2) is 0 Å². The van der Waals surface area contributed by atoms with Crippen LogP contribution in [-0.4, -0.2) is 36.4 Å². The van der Waals surface area contributed by atoms with Gasteiger partial charge in [0.2, 0.25) is 0 Å². The third-order valence-corrected chi connectivity index (χ3v) is 4.34. The molecule has 1 aliphatic heterocycles. The van der Waals surface area contributed by atoms with Crippen LogP contribution in [0.4, 0.5) is 5.82 Å². The molecule has 0 radical (unpaired) electrons. The molecule has 1 unspecified atom stereocenters. The van der Waals surface area contributed by atoms with Crippen molar-refractivity contribution in [3.8, 4) is 0 Å².